The fourth-order valence-electron chi connectivity index (χ4n) is 3.54. The monoisotopic (exact) mass is 382 g/mol. The minimum atomic E-state index is -0.633. The second-order valence-electron chi connectivity index (χ2n) is 6.42. The summed E-state index contributed by atoms with van der Waals surface area (Å²) in [6.45, 7) is 1.84. The third kappa shape index (κ3) is 2.93. The van der Waals surface area contributed by atoms with Crippen LogP contribution in [0.5, 0.6) is 5.75 Å². The van der Waals surface area contributed by atoms with Crippen LogP contribution in [0.2, 0.25) is 0 Å². The first-order chi connectivity index (χ1) is 13.6. The number of morpholine rings is 1. The maximum Gasteiger partial charge on any atom is 0.282 e. The van der Waals surface area contributed by atoms with Gasteiger partial charge < -0.3 is 14.4 Å². The van der Waals surface area contributed by atoms with Crippen LogP contribution in [0.3, 0.4) is 0 Å². The van der Waals surface area contributed by atoms with Crippen LogP contribution in [0.4, 0.5) is 10.1 Å². The molecule has 144 valence electrons. The highest BCUT2D eigenvalue weighted by molar-refractivity contribution is 6.45. The predicted octanol–water partition coefficient (Wildman–Crippen LogP) is 2.45. The summed E-state index contributed by atoms with van der Waals surface area (Å²) in [7, 11) is 1.50. The molecule has 1 saturated heterocycles. The van der Waals surface area contributed by atoms with Crippen molar-refractivity contribution < 1.29 is 23.5 Å². The van der Waals surface area contributed by atoms with Gasteiger partial charge >= 0.3 is 0 Å². The van der Waals surface area contributed by atoms with Gasteiger partial charge in [0.05, 0.1) is 31.6 Å². The van der Waals surface area contributed by atoms with E-state index in [1.807, 2.05) is 4.90 Å². The SMILES string of the molecule is COc1ccccc1C1=C(N2CCOCC2)C(=O)N(c2ccccc2F)C1=O. The van der Waals surface area contributed by atoms with E-state index in [1.165, 1.54) is 25.3 Å². The van der Waals surface area contributed by atoms with E-state index < -0.39 is 17.6 Å². The molecule has 0 radical (unpaired) electrons. The van der Waals surface area contributed by atoms with E-state index in [0.717, 1.165) is 4.90 Å². The number of halogens is 1. The largest absolute Gasteiger partial charge is 0.496 e. The van der Waals surface area contributed by atoms with Crippen molar-refractivity contribution in [2.24, 2.45) is 0 Å². The summed E-state index contributed by atoms with van der Waals surface area (Å²) in [5, 5.41) is 0. The zero-order valence-electron chi connectivity index (χ0n) is 15.4. The van der Waals surface area contributed by atoms with Crippen molar-refractivity contribution >= 4 is 23.1 Å². The Morgan fingerprint density at radius 3 is 2.36 bits per heavy atom. The summed E-state index contributed by atoms with van der Waals surface area (Å²) in [6.07, 6.45) is 0. The number of methoxy groups -OCH3 is 1. The molecule has 2 aliphatic heterocycles. The summed E-state index contributed by atoms with van der Waals surface area (Å²) in [5.41, 5.74) is 0.908. The molecular formula is C21H19FN2O4. The normalized spacial score (nSPS) is 17.5. The third-order valence-electron chi connectivity index (χ3n) is 4.86. The number of amides is 2. The van der Waals surface area contributed by atoms with Crippen LogP contribution in [0.1, 0.15) is 5.56 Å². The lowest BCUT2D eigenvalue weighted by Gasteiger charge is -2.29. The molecule has 2 amide bonds. The highest BCUT2D eigenvalue weighted by Gasteiger charge is 2.44. The lowest BCUT2D eigenvalue weighted by molar-refractivity contribution is -0.121. The minimum absolute atomic E-state index is 0.0619. The Labute approximate surface area is 161 Å². The summed E-state index contributed by atoms with van der Waals surface area (Å²) < 4.78 is 25.2. The molecule has 7 heteroatoms. The van der Waals surface area contributed by atoms with Gasteiger partial charge in [0.1, 0.15) is 17.3 Å². The molecule has 1 fully saturated rings. The van der Waals surface area contributed by atoms with Gasteiger partial charge in [-0.15, -0.1) is 0 Å². The molecule has 2 aliphatic rings. The standard InChI is InChI=1S/C21H19FN2O4/c1-27-17-9-5-2-6-14(17)18-19(23-10-12-28-13-11-23)21(26)24(20(18)25)16-8-4-3-7-15(16)22/h2-9H,10-13H2,1H3. The van der Waals surface area contributed by atoms with Crippen LogP contribution in [0, 0.1) is 5.82 Å². The van der Waals surface area contributed by atoms with Gasteiger partial charge in [0.25, 0.3) is 11.8 Å². The van der Waals surface area contributed by atoms with Crippen molar-refractivity contribution in [3.63, 3.8) is 0 Å². The van der Waals surface area contributed by atoms with Gasteiger partial charge in [-0.05, 0) is 18.2 Å². The van der Waals surface area contributed by atoms with Gasteiger partial charge in [0.2, 0.25) is 0 Å². The first kappa shape index (κ1) is 18.2. The Bertz CT molecular complexity index is 966. The molecule has 6 nitrogen and oxygen atoms in total. The van der Waals surface area contributed by atoms with Crippen LogP contribution >= 0.6 is 0 Å². The molecule has 0 bridgehead atoms. The molecule has 2 heterocycles. The number of carbonyl (C=O) groups is 2. The maximum absolute atomic E-state index is 14.4. The molecule has 0 aromatic heterocycles. The van der Waals surface area contributed by atoms with Crippen LogP contribution in [-0.4, -0.2) is 50.1 Å². The number of rotatable bonds is 4. The Morgan fingerprint density at radius 2 is 1.64 bits per heavy atom. The smallest absolute Gasteiger partial charge is 0.282 e. The summed E-state index contributed by atoms with van der Waals surface area (Å²) >= 11 is 0. The van der Waals surface area contributed by atoms with Crippen molar-refractivity contribution in [3.8, 4) is 5.75 Å². The number of imide groups is 1. The lowest BCUT2D eigenvalue weighted by atomic mass is 10.0. The van der Waals surface area contributed by atoms with E-state index in [4.69, 9.17) is 9.47 Å². The number of hydrogen-bond donors (Lipinski definition) is 0. The number of para-hydroxylation sites is 2. The van der Waals surface area contributed by atoms with Crippen molar-refractivity contribution in [1.29, 1.82) is 0 Å². The average molecular weight is 382 g/mol. The maximum atomic E-state index is 14.4. The number of ether oxygens (including phenoxy) is 2. The topological polar surface area (TPSA) is 59.1 Å². The molecule has 28 heavy (non-hydrogen) atoms. The second-order valence-corrected chi connectivity index (χ2v) is 6.42. The first-order valence-corrected chi connectivity index (χ1v) is 8.97. The third-order valence-corrected chi connectivity index (χ3v) is 4.86. The zero-order valence-corrected chi connectivity index (χ0v) is 15.4. The van der Waals surface area contributed by atoms with Gasteiger partial charge in [-0.25, -0.2) is 9.29 Å². The number of hydrogen-bond acceptors (Lipinski definition) is 5. The predicted molar refractivity (Wildman–Crippen MR) is 101 cm³/mol. The highest BCUT2D eigenvalue weighted by Crippen LogP contribution is 2.38. The van der Waals surface area contributed by atoms with Gasteiger partial charge in [0, 0.05) is 18.7 Å². The number of anilines is 1. The molecule has 2 aromatic carbocycles. The first-order valence-electron chi connectivity index (χ1n) is 8.97. The average Bonchev–Trinajstić information content (AvgIpc) is 2.99. The van der Waals surface area contributed by atoms with Crippen molar-refractivity contribution in [1.82, 2.24) is 4.90 Å². The zero-order chi connectivity index (χ0) is 19.7. The molecule has 0 aliphatic carbocycles. The summed E-state index contributed by atoms with van der Waals surface area (Å²) in [6, 6.07) is 12.8. The van der Waals surface area contributed by atoms with Crippen LogP contribution in [-0.2, 0) is 14.3 Å². The summed E-state index contributed by atoms with van der Waals surface area (Å²) in [4.78, 5) is 29.4. The van der Waals surface area contributed by atoms with E-state index in [9.17, 15) is 14.0 Å². The Kier molecular flexibility index (Phi) is 4.83. The van der Waals surface area contributed by atoms with E-state index >= 15 is 0 Å². The molecular weight excluding hydrogens is 363 g/mol. The number of nitrogens with zero attached hydrogens (tertiary/aromatic N) is 2. The van der Waals surface area contributed by atoms with Crippen LogP contribution in [0.25, 0.3) is 5.57 Å². The number of benzene rings is 2. The van der Waals surface area contributed by atoms with Crippen LogP contribution in [0.15, 0.2) is 54.2 Å². The Balaban J connectivity index is 1.89. The van der Waals surface area contributed by atoms with Gasteiger partial charge in [-0.3, -0.25) is 9.59 Å². The number of carbonyl (C=O) groups excluding carboxylic acids is 2. The van der Waals surface area contributed by atoms with Crippen molar-refractivity contribution in [3.05, 3.63) is 65.6 Å². The van der Waals surface area contributed by atoms with Gasteiger partial charge in [0.15, 0.2) is 0 Å². The summed E-state index contributed by atoms with van der Waals surface area (Å²) in [5.74, 6) is -1.27. The van der Waals surface area contributed by atoms with Gasteiger partial charge in [-0.2, -0.15) is 0 Å². The molecule has 0 saturated carbocycles. The fourth-order valence-corrected chi connectivity index (χ4v) is 3.54. The molecule has 0 N–H and O–H groups in total. The molecule has 0 atom stereocenters. The lowest BCUT2D eigenvalue weighted by Crippen LogP contribution is -2.40. The quantitative estimate of drug-likeness (QED) is 0.761. The second kappa shape index (κ2) is 7.44. The van der Waals surface area contributed by atoms with Crippen molar-refractivity contribution in [2.75, 3.05) is 38.3 Å². The fraction of sp³-hybridized carbons (Fsp3) is 0.238. The molecule has 2 aromatic rings. The van der Waals surface area contributed by atoms with E-state index in [2.05, 4.69) is 0 Å². The van der Waals surface area contributed by atoms with Gasteiger partial charge in [-0.1, -0.05) is 30.3 Å². The molecule has 0 spiro atoms. The minimum Gasteiger partial charge on any atom is -0.496 e. The molecule has 4 rings (SSSR count). The van der Waals surface area contributed by atoms with Crippen molar-refractivity contribution in [2.45, 2.75) is 0 Å². The van der Waals surface area contributed by atoms with Crippen LogP contribution < -0.4 is 9.64 Å². The molecule has 0 unspecified atom stereocenters. The highest BCUT2D eigenvalue weighted by atomic mass is 19.1. The Hall–Kier alpha value is -3.19. The van der Waals surface area contributed by atoms with E-state index in [1.54, 1.807) is 30.3 Å². The Morgan fingerprint density at radius 1 is 0.964 bits per heavy atom. The van der Waals surface area contributed by atoms with E-state index in [-0.39, 0.29) is 17.0 Å². The van der Waals surface area contributed by atoms with E-state index in [0.29, 0.717) is 37.6 Å².